The maximum Gasteiger partial charge on any atom is 0.407 e. The number of ether oxygens (including phenoxy) is 6. The SMILES string of the molecule is COC(=O)NC/C=C\c1nc(CC/C=C\C(=O)O[C@@H]2CC3CC(=O)O[C@H](/C=C/CC(C)C)CC4CCCC(C[C@H](OC)CC(C2)O3)O4)co1. The highest BCUT2D eigenvalue weighted by Crippen LogP contribution is 2.32. The number of cyclic esters (lactones) is 1. The Kier molecular flexibility index (Phi) is 15.8. The fraction of sp³-hybridized carbons (Fsp3) is 0.676. The lowest BCUT2D eigenvalue weighted by molar-refractivity contribution is -0.169. The molecule has 0 aromatic carbocycles. The first-order valence-electron chi connectivity index (χ1n) is 17.7. The first-order chi connectivity index (χ1) is 23.7. The Morgan fingerprint density at radius 3 is 2.49 bits per heavy atom. The van der Waals surface area contributed by atoms with Crippen molar-refractivity contribution in [2.24, 2.45) is 5.92 Å². The molecule has 1 aromatic rings. The standard InChI is InChI=1S/C37H54N2O10/c1-25(2)10-7-12-29-18-27-13-8-14-28(46-27)19-30(43-3)20-31-21-32(22-33(47-31)23-36(41)48-29)49-35(40)16-6-5-11-26-24-45-34(39-26)15-9-17-38-37(42)44-4/h6-7,9,12,15-16,24-25,27-33H,5,8,10-11,13-14,17-23H2,1-4H3,(H,38,42)/b12-7+,15-9-,16-6-/t27?,28?,29-,30+,31?,32+,33?/m1/s1. The lowest BCUT2D eigenvalue weighted by atomic mass is 9.92. The number of hydrogen-bond acceptors (Lipinski definition) is 11. The summed E-state index contributed by atoms with van der Waals surface area (Å²) in [4.78, 5) is 41.6. The number of oxazole rings is 1. The number of hydrogen-bond donors (Lipinski definition) is 1. The van der Waals surface area contributed by atoms with E-state index < -0.39 is 24.3 Å². The summed E-state index contributed by atoms with van der Waals surface area (Å²) in [7, 11) is 3.01. The average Bonchev–Trinajstić information content (AvgIpc) is 3.51. The van der Waals surface area contributed by atoms with E-state index in [1.54, 1.807) is 31.6 Å². The number of methoxy groups -OCH3 is 2. The highest BCUT2D eigenvalue weighted by molar-refractivity contribution is 5.82. The number of carbonyl (C=O) groups excluding carboxylic acids is 3. The van der Waals surface area contributed by atoms with Gasteiger partial charge in [-0.1, -0.05) is 32.1 Å². The van der Waals surface area contributed by atoms with Crippen molar-refractivity contribution in [1.82, 2.24) is 10.3 Å². The number of amides is 1. The monoisotopic (exact) mass is 686 g/mol. The van der Waals surface area contributed by atoms with E-state index in [0.717, 1.165) is 37.8 Å². The van der Waals surface area contributed by atoms with Gasteiger partial charge in [0.05, 0.1) is 49.7 Å². The van der Waals surface area contributed by atoms with Crippen LogP contribution in [0.1, 0.15) is 96.1 Å². The van der Waals surface area contributed by atoms with Gasteiger partial charge in [0.25, 0.3) is 0 Å². The Balaban J connectivity index is 1.33. The minimum atomic E-state index is -0.517. The van der Waals surface area contributed by atoms with Crippen LogP contribution in [0.4, 0.5) is 4.79 Å². The van der Waals surface area contributed by atoms with E-state index in [1.165, 1.54) is 13.2 Å². The maximum absolute atomic E-state index is 13.2. The van der Waals surface area contributed by atoms with Crippen molar-refractivity contribution in [1.29, 1.82) is 0 Å². The molecule has 3 aliphatic rings. The molecule has 0 saturated carbocycles. The molecule has 12 heteroatoms. The average molecular weight is 687 g/mol. The van der Waals surface area contributed by atoms with E-state index in [4.69, 9.17) is 28.1 Å². The quantitative estimate of drug-likeness (QED) is 0.119. The Morgan fingerprint density at radius 2 is 1.71 bits per heavy atom. The van der Waals surface area contributed by atoms with Crippen molar-refractivity contribution in [3.63, 3.8) is 0 Å². The first kappa shape index (κ1) is 38.3. The third kappa shape index (κ3) is 14.1. The van der Waals surface area contributed by atoms with Crippen molar-refractivity contribution in [3.8, 4) is 0 Å². The van der Waals surface area contributed by atoms with Gasteiger partial charge in [-0.3, -0.25) is 4.79 Å². The number of aryl methyl sites for hydroxylation is 1. The van der Waals surface area contributed by atoms with Crippen LogP contribution in [0.15, 0.2) is 41.1 Å². The summed E-state index contributed by atoms with van der Waals surface area (Å²) < 4.78 is 40.6. The highest BCUT2D eigenvalue weighted by atomic mass is 16.6. The molecular formula is C37H54N2O10. The van der Waals surface area contributed by atoms with Gasteiger partial charge < -0.3 is 38.2 Å². The molecule has 12 nitrogen and oxygen atoms in total. The van der Waals surface area contributed by atoms with Gasteiger partial charge in [0.15, 0.2) is 0 Å². The minimum Gasteiger partial charge on any atom is -0.459 e. The predicted molar refractivity (Wildman–Crippen MR) is 181 cm³/mol. The van der Waals surface area contributed by atoms with Gasteiger partial charge in [-0.15, -0.1) is 0 Å². The van der Waals surface area contributed by atoms with Crippen LogP contribution in [0.25, 0.3) is 6.08 Å². The van der Waals surface area contributed by atoms with Gasteiger partial charge in [-0.2, -0.15) is 0 Å². The smallest absolute Gasteiger partial charge is 0.407 e. The van der Waals surface area contributed by atoms with E-state index in [2.05, 4.69) is 35.0 Å². The molecule has 3 saturated heterocycles. The number of esters is 2. The molecule has 3 aliphatic heterocycles. The largest absolute Gasteiger partial charge is 0.459 e. The van der Waals surface area contributed by atoms with E-state index in [-0.39, 0.29) is 49.5 Å². The van der Waals surface area contributed by atoms with Crippen LogP contribution >= 0.6 is 0 Å². The van der Waals surface area contributed by atoms with Crippen molar-refractivity contribution in [2.45, 2.75) is 134 Å². The number of aromatic nitrogens is 1. The second-order valence-corrected chi connectivity index (χ2v) is 13.5. The van der Waals surface area contributed by atoms with E-state index in [0.29, 0.717) is 50.3 Å². The molecule has 1 amide bonds. The third-order valence-corrected chi connectivity index (χ3v) is 8.87. The van der Waals surface area contributed by atoms with Gasteiger partial charge >= 0.3 is 18.0 Å². The van der Waals surface area contributed by atoms with Gasteiger partial charge in [0, 0.05) is 39.0 Å². The van der Waals surface area contributed by atoms with Crippen molar-refractivity contribution < 1.29 is 47.2 Å². The molecule has 7 atom stereocenters. The van der Waals surface area contributed by atoms with Gasteiger partial charge in [-0.05, 0) is 69.4 Å². The van der Waals surface area contributed by atoms with Crippen LogP contribution in [0.2, 0.25) is 0 Å². The summed E-state index contributed by atoms with van der Waals surface area (Å²) in [6.45, 7) is 4.60. The molecule has 4 rings (SSSR count). The second-order valence-electron chi connectivity index (χ2n) is 13.5. The van der Waals surface area contributed by atoms with Gasteiger partial charge in [0.2, 0.25) is 5.89 Å². The molecule has 1 N–H and O–H groups in total. The van der Waals surface area contributed by atoms with Crippen LogP contribution in [0.3, 0.4) is 0 Å². The summed E-state index contributed by atoms with van der Waals surface area (Å²) in [5.74, 6) is 0.155. The van der Waals surface area contributed by atoms with Crippen molar-refractivity contribution in [2.75, 3.05) is 20.8 Å². The molecule has 4 bridgehead atoms. The van der Waals surface area contributed by atoms with Crippen LogP contribution in [-0.2, 0) is 44.4 Å². The Labute approximate surface area is 289 Å². The first-order valence-corrected chi connectivity index (χ1v) is 17.7. The lowest BCUT2D eigenvalue weighted by Crippen LogP contribution is -2.42. The molecule has 0 aliphatic carbocycles. The molecule has 272 valence electrons. The minimum absolute atomic E-state index is 0.0343. The van der Waals surface area contributed by atoms with Crippen LogP contribution in [0, 0.1) is 5.92 Å². The van der Waals surface area contributed by atoms with Gasteiger partial charge in [-0.25, -0.2) is 14.6 Å². The summed E-state index contributed by atoms with van der Waals surface area (Å²) in [6.07, 6.45) is 18.3. The normalized spacial score (nSPS) is 28.4. The Bertz CT molecular complexity index is 1270. The van der Waals surface area contributed by atoms with Crippen LogP contribution in [0.5, 0.6) is 0 Å². The number of rotatable bonds is 12. The molecule has 1 aromatic heterocycles. The molecule has 0 spiro atoms. The summed E-state index contributed by atoms with van der Waals surface area (Å²) >= 11 is 0. The summed E-state index contributed by atoms with van der Waals surface area (Å²) in [6, 6.07) is 0. The Morgan fingerprint density at radius 1 is 0.980 bits per heavy atom. The topological polar surface area (TPSA) is 145 Å². The molecule has 4 heterocycles. The number of allylic oxidation sites excluding steroid dienone is 2. The lowest BCUT2D eigenvalue weighted by Gasteiger charge is -2.38. The molecule has 4 unspecified atom stereocenters. The van der Waals surface area contributed by atoms with E-state index in [9.17, 15) is 14.4 Å². The maximum atomic E-state index is 13.2. The third-order valence-electron chi connectivity index (χ3n) is 8.87. The van der Waals surface area contributed by atoms with Crippen LogP contribution in [-0.4, -0.2) is 86.5 Å². The number of alkyl carbamates (subject to hydrolysis) is 1. The highest BCUT2D eigenvalue weighted by Gasteiger charge is 2.36. The number of nitrogens with one attached hydrogen (secondary N) is 1. The zero-order valence-electron chi connectivity index (χ0n) is 29.4. The summed E-state index contributed by atoms with van der Waals surface area (Å²) in [5.41, 5.74) is 0.736. The molecule has 49 heavy (non-hydrogen) atoms. The van der Waals surface area contributed by atoms with E-state index >= 15 is 0 Å². The second kappa shape index (κ2) is 20.3. The number of fused-ring (bicyclic) bond motifs is 4. The fourth-order valence-electron chi connectivity index (χ4n) is 6.48. The zero-order chi connectivity index (χ0) is 35.0. The van der Waals surface area contributed by atoms with E-state index in [1.807, 2.05) is 6.08 Å². The van der Waals surface area contributed by atoms with Gasteiger partial charge in [0.1, 0.15) is 18.5 Å². The Hall–Kier alpha value is -3.48. The fourth-order valence-corrected chi connectivity index (χ4v) is 6.48. The molecular weight excluding hydrogens is 632 g/mol. The number of carbonyl (C=O) groups is 3. The molecule has 3 fully saturated rings. The molecule has 0 radical (unpaired) electrons. The van der Waals surface area contributed by atoms with Crippen molar-refractivity contribution >= 4 is 24.1 Å². The number of nitrogens with zero attached hydrogens (tertiary/aromatic N) is 1. The van der Waals surface area contributed by atoms with Crippen LogP contribution < -0.4 is 5.32 Å². The zero-order valence-corrected chi connectivity index (χ0v) is 29.4. The summed E-state index contributed by atoms with van der Waals surface area (Å²) in [5, 5.41) is 2.54. The predicted octanol–water partition coefficient (Wildman–Crippen LogP) is 6.03. The van der Waals surface area contributed by atoms with Crippen molar-refractivity contribution in [3.05, 3.63) is 48.2 Å².